The highest BCUT2D eigenvalue weighted by atomic mass is 35.5. The lowest BCUT2D eigenvalue weighted by Crippen LogP contribution is -2.60. The molecule has 0 radical (unpaired) electrons. The number of anilines is 1. The number of carbonyl (C=O) groups excluding carboxylic acids is 1. The SMILES string of the molecule is CC1(C)CN(CC2=NCCN2C(F)(F)F)[C@H](C(=O)Nc2cc(Cl)cc3c2[nH]c2cnccc23)CO1. The number of halogens is 4. The van der Waals surface area contributed by atoms with Gasteiger partial charge in [0.05, 0.1) is 48.2 Å². The number of carbonyl (C=O) groups is 1. The summed E-state index contributed by atoms with van der Waals surface area (Å²) in [6.07, 6.45) is -1.17. The van der Waals surface area contributed by atoms with E-state index < -0.39 is 23.9 Å². The van der Waals surface area contributed by atoms with Crippen LogP contribution in [-0.4, -0.2) is 82.2 Å². The van der Waals surface area contributed by atoms with Crippen molar-refractivity contribution < 1.29 is 22.7 Å². The number of aromatic amines is 1. The van der Waals surface area contributed by atoms with E-state index in [-0.39, 0.29) is 38.6 Å². The highest BCUT2D eigenvalue weighted by Gasteiger charge is 2.44. The normalized spacial score (nSPS) is 21.0. The third kappa shape index (κ3) is 4.67. The number of hydrogen-bond acceptors (Lipinski definition) is 6. The van der Waals surface area contributed by atoms with Crippen LogP contribution >= 0.6 is 11.6 Å². The monoisotopic (exact) mass is 508 g/mol. The van der Waals surface area contributed by atoms with Crippen molar-refractivity contribution in [3.8, 4) is 0 Å². The number of nitrogens with one attached hydrogen (secondary N) is 2. The summed E-state index contributed by atoms with van der Waals surface area (Å²) in [7, 11) is 0. The zero-order chi connectivity index (χ0) is 25.0. The summed E-state index contributed by atoms with van der Waals surface area (Å²) >= 11 is 6.34. The lowest BCUT2D eigenvalue weighted by atomic mass is 10.0. The molecule has 0 aliphatic carbocycles. The van der Waals surface area contributed by atoms with Gasteiger partial charge in [-0.3, -0.25) is 24.6 Å². The molecule has 35 heavy (non-hydrogen) atoms. The predicted octanol–water partition coefficient (Wildman–Crippen LogP) is 4.02. The molecule has 2 N–H and O–H groups in total. The van der Waals surface area contributed by atoms with E-state index in [9.17, 15) is 18.0 Å². The summed E-state index contributed by atoms with van der Waals surface area (Å²) in [5.41, 5.74) is 1.30. The van der Waals surface area contributed by atoms with Crippen LogP contribution in [0.5, 0.6) is 0 Å². The highest BCUT2D eigenvalue weighted by molar-refractivity contribution is 6.33. The van der Waals surface area contributed by atoms with Gasteiger partial charge in [-0.25, -0.2) is 0 Å². The molecular weight excluding hydrogens is 485 g/mol. The fraction of sp³-hybridized carbons (Fsp3) is 0.435. The second-order valence-electron chi connectivity index (χ2n) is 9.32. The van der Waals surface area contributed by atoms with E-state index in [0.717, 1.165) is 16.3 Å². The van der Waals surface area contributed by atoms with Crippen LogP contribution in [0.1, 0.15) is 13.8 Å². The Hall–Kier alpha value is -2.89. The van der Waals surface area contributed by atoms with Gasteiger partial charge in [-0.1, -0.05) is 11.6 Å². The van der Waals surface area contributed by atoms with Gasteiger partial charge in [0.15, 0.2) is 0 Å². The maximum Gasteiger partial charge on any atom is 0.485 e. The topological polar surface area (TPSA) is 85.9 Å². The van der Waals surface area contributed by atoms with Gasteiger partial charge in [0.25, 0.3) is 0 Å². The molecule has 1 saturated heterocycles. The number of amidine groups is 1. The van der Waals surface area contributed by atoms with Crippen molar-refractivity contribution in [1.82, 2.24) is 19.8 Å². The first-order chi connectivity index (χ1) is 16.5. The van der Waals surface area contributed by atoms with Gasteiger partial charge in [0.2, 0.25) is 5.91 Å². The second-order valence-corrected chi connectivity index (χ2v) is 9.76. The molecule has 5 rings (SSSR count). The third-order valence-electron chi connectivity index (χ3n) is 6.27. The number of hydrogen-bond donors (Lipinski definition) is 2. The van der Waals surface area contributed by atoms with Crippen LogP contribution in [0, 0.1) is 0 Å². The first kappa shape index (κ1) is 23.8. The minimum absolute atomic E-state index is 0.0263. The fourth-order valence-corrected chi connectivity index (χ4v) is 4.90. The molecule has 1 atom stereocenters. The van der Waals surface area contributed by atoms with Crippen molar-refractivity contribution in [2.75, 3.05) is 38.1 Å². The summed E-state index contributed by atoms with van der Waals surface area (Å²) in [5.74, 6) is -0.501. The van der Waals surface area contributed by atoms with Gasteiger partial charge < -0.3 is 15.0 Å². The zero-order valence-corrected chi connectivity index (χ0v) is 19.9. The molecule has 186 valence electrons. The lowest BCUT2D eigenvalue weighted by molar-refractivity contribution is -0.215. The van der Waals surface area contributed by atoms with E-state index >= 15 is 0 Å². The number of rotatable bonds is 4. The molecule has 0 bridgehead atoms. The Morgan fingerprint density at radius 3 is 2.91 bits per heavy atom. The first-order valence-corrected chi connectivity index (χ1v) is 11.5. The maximum absolute atomic E-state index is 13.4. The molecule has 0 spiro atoms. The van der Waals surface area contributed by atoms with Gasteiger partial charge >= 0.3 is 6.30 Å². The zero-order valence-electron chi connectivity index (χ0n) is 19.1. The largest absolute Gasteiger partial charge is 0.485 e. The highest BCUT2D eigenvalue weighted by Crippen LogP contribution is 2.34. The van der Waals surface area contributed by atoms with Crippen LogP contribution in [-0.2, 0) is 9.53 Å². The number of alkyl halides is 3. The number of H-pyrrole nitrogens is 1. The average Bonchev–Trinajstić information content (AvgIpc) is 3.38. The van der Waals surface area contributed by atoms with Gasteiger partial charge in [-0.2, -0.15) is 13.2 Å². The number of fused-ring (bicyclic) bond motifs is 3. The van der Waals surface area contributed by atoms with Crippen molar-refractivity contribution in [3.05, 3.63) is 35.6 Å². The predicted molar refractivity (Wildman–Crippen MR) is 128 cm³/mol. The van der Waals surface area contributed by atoms with Gasteiger partial charge in [0.1, 0.15) is 11.9 Å². The quantitative estimate of drug-likeness (QED) is 0.520. The smallest absolute Gasteiger partial charge is 0.372 e. The Morgan fingerprint density at radius 1 is 1.34 bits per heavy atom. The van der Waals surface area contributed by atoms with Crippen molar-refractivity contribution >= 4 is 50.8 Å². The molecule has 4 heterocycles. The molecule has 3 aromatic rings. The Bertz CT molecular complexity index is 1320. The minimum atomic E-state index is -4.52. The molecule has 0 saturated carbocycles. The van der Waals surface area contributed by atoms with Gasteiger partial charge in [-0.15, -0.1) is 0 Å². The number of pyridine rings is 1. The van der Waals surface area contributed by atoms with Crippen molar-refractivity contribution in [2.24, 2.45) is 4.99 Å². The van der Waals surface area contributed by atoms with E-state index in [2.05, 4.69) is 20.3 Å². The van der Waals surface area contributed by atoms with Gasteiger partial charge in [0, 0.05) is 35.1 Å². The van der Waals surface area contributed by atoms with E-state index in [1.165, 1.54) is 0 Å². The van der Waals surface area contributed by atoms with E-state index in [1.807, 2.05) is 19.9 Å². The second kappa shape index (κ2) is 8.65. The van der Waals surface area contributed by atoms with E-state index in [4.69, 9.17) is 16.3 Å². The molecule has 1 fully saturated rings. The molecule has 8 nitrogen and oxygen atoms in total. The summed E-state index contributed by atoms with van der Waals surface area (Å²) < 4.78 is 46.2. The molecule has 1 aromatic carbocycles. The van der Waals surface area contributed by atoms with Crippen molar-refractivity contribution in [1.29, 1.82) is 0 Å². The lowest BCUT2D eigenvalue weighted by Gasteiger charge is -2.43. The number of amides is 1. The molecular formula is C23H24ClF3N6O2. The Balaban J connectivity index is 1.43. The van der Waals surface area contributed by atoms with Crippen molar-refractivity contribution in [2.45, 2.75) is 31.8 Å². The molecule has 2 aliphatic heterocycles. The number of ether oxygens (including phenoxy) is 1. The maximum atomic E-state index is 13.4. The fourth-order valence-electron chi connectivity index (χ4n) is 4.68. The summed E-state index contributed by atoms with van der Waals surface area (Å²) in [5, 5.41) is 5.07. The molecule has 2 aliphatic rings. The van der Waals surface area contributed by atoms with Crippen LogP contribution in [0.3, 0.4) is 0 Å². The van der Waals surface area contributed by atoms with Crippen LogP contribution < -0.4 is 5.32 Å². The number of nitrogens with zero attached hydrogens (tertiary/aromatic N) is 4. The van der Waals surface area contributed by atoms with Crippen LogP contribution in [0.2, 0.25) is 5.02 Å². The van der Waals surface area contributed by atoms with Crippen LogP contribution in [0.15, 0.2) is 35.6 Å². The number of aliphatic imine (C=N–C) groups is 1. The summed E-state index contributed by atoms with van der Waals surface area (Å²) in [6.45, 7) is 3.69. The van der Waals surface area contributed by atoms with Gasteiger partial charge in [-0.05, 0) is 32.0 Å². The van der Waals surface area contributed by atoms with E-state index in [1.54, 1.807) is 29.4 Å². The first-order valence-electron chi connectivity index (χ1n) is 11.1. The Labute approximate surface area is 204 Å². The number of benzene rings is 1. The summed E-state index contributed by atoms with van der Waals surface area (Å²) in [4.78, 5) is 26.9. The molecule has 0 unspecified atom stereocenters. The standard InChI is InChI=1S/C23H24ClF3N6O2/c1-22(2)12-32(10-19-29-5-6-33(19)23(25,26)27)18(11-35-22)21(34)31-16-8-13(24)7-15-14-3-4-28-9-17(14)30-20(15)16/h3-4,7-9,18,30H,5-6,10-12H2,1-2H3,(H,31,34)/t18-/m0/s1. The Morgan fingerprint density at radius 2 is 2.14 bits per heavy atom. The number of aromatic nitrogens is 2. The van der Waals surface area contributed by atoms with Crippen molar-refractivity contribution in [3.63, 3.8) is 0 Å². The number of morpholine rings is 1. The molecule has 12 heteroatoms. The average molecular weight is 509 g/mol. The summed E-state index contributed by atoms with van der Waals surface area (Å²) in [6, 6.07) is 4.47. The Kier molecular flexibility index (Phi) is 5.89. The third-order valence-corrected chi connectivity index (χ3v) is 6.49. The minimum Gasteiger partial charge on any atom is -0.372 e. The van der Waals surface area contributed by atoms with Crippen LogP contribution in [0.4, 0.5) is 18.9 Å². The van der Waals surface area contributed by atoms with E-state index in [0.29, 0.717) is 21.1 Å². The molecule has 1 amide bonds. The molecule has 2 aromatic heterocycles. The van der Waals surface area contributed by atoms with Crippen LogP contribution in [0.25, 0.3) is 21.8 Å².